The molecule has 0 fully saturated rings. The van der Waals surface area contributed by atoms with Gasteiger partial charge in [0.25, 0.3) is 0 Å². The monoisotopic (exact) mass is 284 g/mol. The van der Waals surface area contributed by atoms with Crippen molar-refractivity contribution in [1.29, 1.82) is 0 Å². The lowest BCUT2D eigenvalue weighted by atomic mass is 10.0. The number of carbonyl (C=O) groups excluding carboxylic acids is 2. The highest BCUT2D eigenvalue weighted by Crippen LogP contribution is 2.22. The molecule has 1 aromatic rings. The largest absolute Gasteiger partial charge is 0.351 e. The molecule has 1 rings (SSSR count). The number of nitrogens with two attached hydrogens (primary N) is 1. The fourth-order valence-corrected chi connectivity index (χ4v) is 1.73. The van der Waals surface area contributed by atoms with Crippen molar-refractivity contribution in [2.45, 2.75) is 20.3 Å². The van der Waals surface area contributed by atoms with E-state index in [9.17, 15) is 9.59 Å². The second-order valence-electron chi connectivity index (χ2n) is 3.63. The van der Waals surface area contributed by atoms with E-state index in [-0.39, 0.29) is 6.42 Å². The average molecular weight is 285 g/mol. The second kappa shape index (κ2) is 5.12. The fourth-order valence-electron chi connectivity index (χ4n) is 1.50. The number of primary amides is 1. The molecular formula is C11H13BrN2O2. The van der Waals surface area contributed by atoms with Gasteiger partial charge in [0.15, 0.2) is 0 Å². The van der Waals surface area contributed by atoms with Crippen molar-refractivity contribution in [2.75, 3.05) is 0 Å². The lowest BCUT2D eigenvalue weighted by molar-refractivity contribution is -0.119. The molecular weight excluding hydrogens is 272 g/mol. The van der Waals surface area contributed by atoms with Crippen LogP contribution in [0.2, 0.25) is 0 Å². The van der Waals surface area contributed by atoms with Gasteiger partial charge < -0.3 is 5.73 Å². The molecule has 0 heterocycles. The number of halogens is 1. The van der Waals surface area contributed by atoms with Gasteiger partial charge in [0.1, 0.15) is 0 Å². The molecule has 0 radical (unpaired) electrons. The van der Waals surface area contributed by atoms with Crippen LogP contribution in [0.15, 0.2) is 16.6 Å². The minimum absolute atomic E-state index is 0.151. The molecule has 0 aliphatic heterocycles. The van der Waals surface area contributed by atoms with E-state index < -0.39 is 11.9 Å². The zero-order chi connectivity index (χ0) is 12.3. The van der Waals surface area contributed by atoms with Crippen LogP contribution in [0.3, 0.4) is 0 Å². The zero-order valence-electron chi connectivity index (χ0n) is 9.13. The summed E-state index contributed by atoms with van der Waals surface area (Å²) in [4.78, 5) is 21.8. The molecule has 86 valence electrons. The topological polar surface area (TPSA) is 72.2 Å². The predicted octanol–water partition coefficient (Wildman–Crippen LogP) is 1.80. The van der Waals surface area contributed by atoms with Crippen molar-refractivity contribution in [3.8, 4) is 0 Å². The van der Waals surface area contributed by atoms with Gasteiger partial charge in [-0.25, -0.2) is 4.79 Å². The van der Waals surface area contributed by atoms with Crippen molar-refractivity contribution >= 4 is 27.9 Å². The number of urea groups is 1. The number of aryl methyl sites for hydroxylation is 2. The molecule has 3 amide bonds. The molecule has 0 bridgehead atoms. The first kappa shape index (κ1) is 12.7. The highest BCUT2D eigenvalue weighted by Gasteiger charge is 2.08. The first-order valence-corrected chi connectivity index (χ1v) is 5.54. The number of benzene rings is 1. The molecule has 0 aromatic heterocycles. The molecule has 0 unspecified atom stereocenters. The number of hydrogen-bond acceptors (Lipinski definition) is 2. The Kier molecular flexibility index (Phi) is 4.06. The first-order chi connectivity index (χ1) is 7.40. The van der Waals surface area contributed by atoms with E-state index in [4.69, 9.17) is 5.73 Å². The van der Waals surface area contributed by atoms with Crippen molar-refractivity contribution in [1.82, 2.24) is 5.32 Å². The number of rotatable bonds is 2. The molecule has 0 aliphatic rings. The average Bonchev–Trinajstić information content (AvgIpc) is 2.12. The molecule has 0 saturated heterocycles. The summed E-state index contributed by atoms with van der Waals surface area (Å²) in [6, 6.07) is 2.98. The van der Waals surface area contributed by atoms with Crippen LogP contribution in [0.5, 0.6) is 0 Å². The van der Waals surface area contributed by atoms with Gasteiger partial charge in [0.05, 0.1) is 6.42 Å². The van der Waals surface area contributed by atoms with Crippen LogP contribution in [-0.2, 0) is 11.2 Å². The van der Waals surface area contributed by atoms with Gasteiger partial charge in [0, 0.05) is 4.47 Å². The van der Waals surface area contributed by atoms with Crippen molar-refractivity contribution in [3.63, 3.8) is 0 Å². The molecule has 0 spiro atoms. The van der Waals surface area contributed by atoms with Crippen LogP contribution in [0.4, 0.5) is 4.79 Å². The summed E-state index contributed by atoms with van der Waals surface area (Å²) in [5.41, 5.74) is 7.83. The van der Waals surface area contributed by atoms with Gasteiger partial charge in [0.2, 0.25) is 5.91 Å². The lowest BCUT2D eigenvalue weighted by Gasteiger charge is -2.07. The highest BCUT2D eigenvalue weighted by atomic mass is 79.9. The standard InChI is InChI=1S/C11H13BrN2O2/c1-6-3-8(4-7(2)10(6)12)5-9(15)14-11(13)16/h3-4H,5H2,1-2H3,(H3,13,14,15,16). The van der Waals surface area contributed by atoms with Crippen LogP contribution >= 0.6 is 15.9 Å². The van der Waals surface area contributed by atoms with Gasteiger partial charge in [-0.2, -0.15) is 0 Å². The van der Waals surface area contributed by atoms with Crippen LogP contribution in [-0.4, -0.2) is 11.9 Å². The summed E-state index contributed by atoms with van der Waals surface area (Å²) >= 11 is 3.45. The molecule has 3 N–H and O–H groups in total. The minimum Gasteiger partial charge on any atom is -0.351 e. The minimum atomic E-state index is -0.824. The third kappa shape index (κ3) is 3.34. The Morgan fingerprint density at radius 2 is 1.81 bits per heavy atom. The maximum Gasteiger partial charge on any atom is 0.318 e. The van der Waals surface area contributed by atoms with E-state index in [2.05, 4.69) is 15.9 Å². The predicted molar refractivity (Wildman–Crippen MR) is 65.0 cm³/mol. The summed E-state index contributed by atoms with van der Waals surface area (Å²) in [5.74, 6) is -0.395. The van der Waals surface area contributed by atoms with E-state index in [1.165, 1.54) is 0 Å². The molecule has 0 aliphatic carbocycles. The Balaban J connectivity index is 2.82. The summed E-state index contributed by atoms with van der Waals surface area (Å²) in [5, 5.41) is 2.03. The third-order valence-electron chi connectivity index (χ3n) is 2.12. The van der Waals surface area contributed by atoms with E-state index in [0.717, 1.165) is 21.2 Å². The van der Waals surface area contributed by atoms with Crippen molar-refractivity contribution in [2.24, 2.45) is 5.73 Å². The normalized spacial score (nSPS) is 9.94. The smallest absolute Gasteiger partial charge is 0.318 e. The van der Waals surface area contributed by atoms with E-state index in [1.807, 2.05) is 31.3 Å². The Labute approximate surface area is 102 Å². The number of nitrogens with one attached hydrogen (secondary N) is 1. The Hall–Kier alpha value is -1.36. The zero-order valence-corrected chi connectivity index (χ0v) is 10.7. The maximum absolute atomic E-state index is 11.3. The van der Waals surface area contributed by atoms with Gasteiger partial charge in [-0.05, 0) is 30.5 Å². The van der Waals surface area contributed by atoms with Gasteiger partial charge in [-0.15, -0.1) is 0 Å². The van der Waals surface area contributed by atoms with Crippen LogP contribution in [0, 0.1) is 13.8 Å². The third-order valence-corrected chi connectivity index (χ3v) is 3.37. The quantitative estimate of drug-likeness (QED) is 0.869. The Morgan fingerprint density at radius 1 is 1.31 bits per heavy atom. The Bertz CT molecular complexity index is 421. The van der Waals surface area contributed by atoms with Crippen LogP contribution in [0.1, 0.15) is 16.7 Å². The van der Waals surface area contributed by atoms with Gasteiger partial charge in [-0.1, -0.05) is 28.1 Å². The first-order valence-electron chi connectivity index (χ1n) is 4.75. The highest BCUT2D eigenvalue weighted by molar-refractivity contribution is 9.10. The SMILES string of the molecule is Cc1cc(CC(=O)NC(N)=O)cc(C)c1Br. The van der Waals surface area contributed by atoms with Crippen LogP contribution < -0.4 is 11.1 Å². The van der Waals surface area contributed by atoms with Crippen LogP contribution in [0.25, 0.3) is 0 Å². The van der Waals surface area contributed by atoms with E-state index in [1.54, 1.807) is 0 Å². The summed E-state index contributed by atoms with van der Waals surface area (Å²) in [7, 11) is 0. The van der Waals surface area contributed by atoms with Gasteiger partial charge >= 0.3 is 6.03 Å². The maximum atomic E-state index is 11.3. The van der Waals surface area contributed by atoms with Crippen molar-refractivity contribution < 1.29 is 9.59 Å². The molecule has 16 heavy (non-hydrogen) atoms. The second-order valence-corrected chi connectivity index (χ2v) is 4.43. The summed E-state index contributed by atoms with van der Waals surface area (Å²) < 4.78 is 1.03. The fraction of sp³-hybridized carbons (Fsp3) is 0.273. The van der Waals surface area contributed by atoms with E-state index in [0.29, 0.717) is 0 Å². The summed E-state index contributed by atoms with van der Waals surface area (Å²) in [6.45, 7) is 3.90. The summed E-state index contributed by atoms with van der Waals surface area (Å²) in [6.07, 6.45) is 0.151. The molecule has 5 heteroatoms. The van der Waals surface area contributed by atoms with E-state index >= 15 is 0 Å². The molecule has 0 atom stereocenters. The molecule has 1 aromatic carbocycles. The number of hydrogen-bond donors (Lipinski definition) is 2. The van der Waals surface area contributed by atoms with Crippen molar-refractivity contribution in [3.05, 3.63) is 33.3 Å². The van der Waals surface area contributed by atoms with Gasteiger partial charge in [-0.3, -0.25) is 10.1 Å². The lowest BCUT2D eigenvalue weighted by Crippen LogP contribution is -2.35. The Morgan fingerprint density at radius 3 is 2.25 bits per heavy atom. The molecule has 0 saturated carbocycles. The number of imide groups is 1. The number of carbonyl (C=O) groups is 2. The molecule has 4 nitrogen and oxygen atoms in total. The number of amides is 3.